The number of hydrogen-bond donors (Lipinski definition) is 1. The number of nitriles is 1. The molecule has 1 N–H and O–H groups in total. The van der Waals surface area contributed by atoms with Gasteiger partial charge in [0.15, 0.2) is 0 Å². The second kappa shape index (κ2) is 2.34. The molecule has 1 rings (SSSR count). The molecule has 0 spiro atoms. The molecule has 1 aliphatic rings. The summed E-state index contributed by atoms with van der Waals surface area (Å²) in [6, 6.07) is 2.07. The van der Waals surface area contributed by atoms with Crippen LogP contribution in [0.25, 0.3) is 0 Å². The minimum absolute atomic E-state index is 0.0339. The molecule has 0 amide bonds. The lowest BCUT2D eigenvalue weighted by atomic mass is 10.1. The third-order valence-corrected chi connectivity index (χ3v) is 1.63. The highest BCUT2D eigenvalue weighted by Gasteiger charge is 2.27. The molecule has 1 aliphatic heterocycles. The fourth-order valence-corrected chi connectivity index (χ4v) is 0.886. The van der Waals surface area contributed by atoms with Crippen LogP contribution in [0.15, 0.2) is 0 Å². The van der Waals surface area contributed by atoms with Crippen LogP contribution >= 0.6 is 0 Å². The Kier molecular flexibility index (Phi) is 1.70. The van der Waals surface area contributed by atoms with Crippen molar-refractivity contribution in [3.8, 4) is 6.07 Å². The molecule has 9 heavy (non-hydrogen) atoms. The topological polar surface area (TPSA) is 47.3 Å². The first-order valence-electron chi connectivity index (χ1n) is 3.05. The van der Waals surface area contributed by atoms with E-state index in [2.05, 4.69) is 6.07 Å². The number of likely N-dealkylation sites (tertiary alicyclic amines) is 1. The molecule has 1 unspecified atom stereocenters. The highest BCUT2D eigenvalue weighted by molar-refractivity contribution is 4.94. The Balaban J connectivity index is 2.25. The Labute approximate surface area is 54.5 Å². The summed E-state index contributed by atoms with van der Waals surface area (Å²) in [5.74, 6) is 0. The molecule has 1 heterocycles. The first kappa shape index (κ1) is 6.53. The molecule has 0 bridgehead atoms. The summed E-state index contributed by atoms with van der Waals surface area (Å²) in [5.41, 5.74) is 0. The summed E-state index contributed by atoms with van der Waals surface area (Å²) in [6.45, 7) is 3.16. The van der Waals surface area contributed by atoms with Crippen molar-refractivity contribution in [1.82, 2.24) is 4.90 Å². The lowest BCUT2D eigenvalue weighted by Crippen LogP contribution is -2.54. The number of aliphatic hydroxyl groups is 1. The summed E-state index contributed by atoms with van der Waals surface area (Å²) in [6.07, 6.45) is -0.194. The minimum Gasteiger partial charge on any atom is -0.390 e. The number of nitrogens with zero attached hydrogens (tertiary/aromatic N) is 2. The number of rotatable bonds is 1. The molecule has 1 atom stereocenters. The molecular formula is C6H10N2O. The molecule has 0 aromatic carbocycles. The summed E-state index contributed by atoms with van der Waals surface area (Å²) >= 11 is 0. The summed E-state index contributed by atoms with van der Waals surface area (Å²) in [7, 11) is 0. The Hall–Kier alpha value is -0.590. The number of aliphatic hydroxyl groups excluding tert-OH is 1. The van der Waals surface area contributed by atoms with Gasteiger partial charge >= 0.3 is 0 Å². The van der Waals surface area contributed by atoms with Gasteiger partial charge in [-0.05, 0) is 6.92 Å². The lowest BCUT2D eigenvalue weighted by molar-refractivity contribution is -0.00834. The van der Waals surface area contributed by atoms with Crippen LogP contribution in [0.5, 0.6) is 0 Å². The predicted molar refractivity (Wildman–Crippen MR) is 32.7 cm³/mol. The lowest BCUT2D eigenvalue weighted by Gasteiger charge is -2.37. The highest BCUT2D eigenvalue weighted by atomic mass is 16.3. The highest BCUT2D eigenvalue weighted by Crippen LogP contribution is 2.10. The molecule has 0 radical (unpaired) electrons. The Morgan fingerprint density at radius 1 is 1.78 bits per heavy atom. The zero-order valence-electron chi connectivity index (χ0n) is 5.41. The van der Waals surface area contributed by atoms with Crippen molar-refractivity contribution in [2.45, 2.75) is 19.1 Å². The van der Waals surface area contributed by atoms with E-state index in [9.17, 15) is 0 Å². The SMILES string of the molecule is CC(C#N)N1CC(O)C1. The first-order chi connectivity index (χ1) is 4.24. The van der Waals surface area contributed by atoms with E-state index in [-0.39, 0.29) is 12.1 Å². The van der Waals surface area contributed by atoms with Crippen molar-refractivity contribution < 1.29 is 5.11 Å². The van der Waals surface area contributed by atoms with E-state index in [0.29, 0.717) is 13.1 Å². The van der Waals surface area contributed by atoms with Gasteiger partial charge in [-0.1, -0.05) is 0 Å². The van der Waals surface area contributed by atoms with Crippen LogP contribution in [0, 0.1) is 11.3 Å². The quantitative estimate of drug-likeness (QED) is 0.519. The largest absolute Gasteiger partial charge is 0.390 e. The zero-order chi connectivity index (χ0) is 6.85. The summed E-state index contributed by atoms with van der Waals surface area (Å²) in [4.78, 5) is 1.94. The molecule has 0 saturated carbocycles. The van der Waals surface area contributed by atoms with Crippen molar-refractivity contribution >= 4 is 0 Å². The molecule has 3 heteroatoms. The van der Waals surface area contributed by atoms with Gasteiger partial charge in [-0.15, -0.1) is 0 Å². The normalized spacial score (nSPS) is 24.6. The standard InChI is InChI=1S/C6H10N2O/c1-5(2-7)8-3-6(9)4-8/h5-6,9H,3-4H2,1H3. The van der Waals surface area contributed by atoms with Crippen LogP contribution in [0.2, 0.25) is 0 Å². The Morgan fingerprint density at radius 3 is 2.67 bits per heavy atom. The average molecular weight is 126 g/mol. The van der Waals surface area contributed by atoms with Crippen molar-refractivity contribution in [1.29, 1.82) is 5.26 Å². The first-order valence-corrected chi connectivity index (χ1v) is 3.05. The Bertz CT molecular complexity index is 134. The maximum absolute atomic E-state index is 8.81. The van der Waals surface area contributed by atoms with Crippen LogP contribution in [0.3, 0.4) is 0 Å². The number of hydrogen-bond acceptors (Lipinski definition) is 3. The zero-order valence-corrected chi connectivity index (χ0v) is 5.41. The van der Waals surface area contributed by atoms with E-state index < -0.39 is 0 Å². The third kappa shape index (κ3) is 1.21. The van der Waals surface area contributed by atoms with Gasteiger partial charge in [0.05, 0.1) is 18.2 Å². The van der Waals surface area contributed by atoms with E-state index in [1.807, 2.05) is 11.8 Å². The van der Waals surface area contributed by atoms with Crippen molar-refractivity contribution in [2.24, 2.45) is 0 Å². The van der Waals surface area contributed by atoms with Crippen molar-refractivity contribution in [3.05, 3.63) is 0 Å². The molecule has 0 aromatic heterocycles. The predicted octanol–water partition coefficient (Wildman–Crippen LogP) is -0.425. The maximum Gasteiger partial charge on any atom is 0.0951 e. The van der Waals surface area contributed by atoms with Gasteiger partial charge in [-0.2, -0.15) is 5.26 Å². The van der Waals surface area contributed by atoms with Crippen molar-refractivity contribution in [2.75, 3.05) is 13.1 Å². The van der Waals surface area contributed by atoms with E-state index in [4.69, 9.17) is 10.4 Å². The second-order valence-electron chi connectivity index (χ2n) is 2.41. The van der Waals surface area contributed by atoms with Gasteiger partial charge in [-0.25, -0.2) is 0 Å². The molecular weight excluding hydrogens is 116 g/mol. The van der Waals surface area contributed by atoms with Gasteiger partial charge in [-0.3, -0.25) is 4.90 Å². The maximum atomic E-state index is 8.81. The molecule has 3 nitrogen and oxygen atoms in total. The van der Waals surface area contributed by atoms with Gasteiger partial charge in [0, 0.05) is 13.1 Å². The van der Waals surface area contributed by atoms with E-state index in [1.165, 1.54) is 0 Å². The Morgan fingerprint density at radius 2 is 2.33 bits per heavy atom. The van der Waals surface area contributed by atoms with Crippen LogP contribution in [-0.4, -0.2) is 35.2 Å². The van der Waals surface area contributed by atoms with Crippen molar-refractivity contribution in [3.63, 3.8) is 0 Å². The molecule has 50 valence electrons. The molecule has 0 aliphatic carbocycles. The van der Waals surface area contributed by atoms with Crippen LogP contribution in [0.1, 0.15) is 6.92 Å². The molecule has 0 aromatic rings. The fourth-order valence-electron chi connectivity index (χ4n) is 0.886. The smallest absolute Gasteiger partial charge is 0.0951 e. The molecule has 1 fully saturated rings. The summed E-state index contributed by atoms with van der Waals surface area (Å²) in [5, 5.41) is 17.2. The minimum atomic E-state index is -0.194. The summed E-state index contributed by atoms with van der Waals surface area (Å²) < 4.78 is 0. The average Bonchev–Trinajstić information content (AvgIpc) is 1.79. The third-order valence-electron chi connectivity index (χ3n) is 1.63. The monoisotopic (exact) mass is 126 g/mol. The van der Waals surface area contributed by atoms with Crippen LogP contribution in [-0.2, 0) is 0 Å². The fraction of sp³-hybridized carbons (Fsp3) is 0.833. The van der Waals surface area contributed by atoms with Gasteiger partial charge in [0.2, 0.25) is 0 Å². The van der Waals surface area contributed by atoms with E-state index >= 15 is 0 Å². The van der Waals surface area contributed by atoms with Crippen LogP contribution in [0.4, 0.5) is 0 Å². The molecule has 1 saturated heterocycles. The second-order valence-corrected chi connectivity index (χ2v) is 2.41. The van der Waals surface area contributed by atoms with Gasteiger partial charge in [0.25, 0.3) is 0 Å². The number of β-amino-alcohol motifs (C(OH)–C–C–N with tert-alkyl or cyclic N) is 1. The van der Waals surface area contributed by atoms with E-state index in [1.54, 1.807) is 0 Å². The van der Waals surface area contributed by atoms with Gasteiger partial charge in [0.1, 0.15) is 0 Å². The van der Waals surface area contributed by atoms with E-state index in [0.717, 1.165) is 0 Å². The van der Waals surface area contributed by atoms with Crippen LogP contribution < -0.4 is 0 Å². The van der Waals surface area contributed by atoms with Gasteiger partial charge < -0.3 is 5.11 Å².